The molecule has 2 amide bonds. The first-order valence-electron chi connectivity index (χ1n) is 8.11. The van der Waals surface area contributed by atoms with Gasteiger partial charge in [0, 0.05) is 34.4 Å². The summed E-state index contributed by atoms with van der Waals surface area (Å²) in [5.74, 6) is 0.0432. The van der Waals surface area contributed by atoms with Gasteiger partial charge in [-0.05, 0) is 56.3 Å². The molecule has 1 N–H and O–H groups in total. The highest BCUT2D eigenvalue weighted by Gasteiger charge is 2.25. The van der Waals surface area contributed by atoms with E-state index in [2.05, 4.69) is 5.32 Å². The standard InChI is InChI=1S/C19H19FN2O2S/c1-12(2)21-18(23)14-5-8-17-16(11-14)22(9-10-25-17)19(24)13-3-6-15(20)7-4-13/h3-8,11-12H,9-10H2,1-2H3,(H,21,23). The zero-order chi connectivity index (χ0) is 18.0. The molecule has 2 aromatic rings. The van der Waals surface area contributed by atoms with Gasteiger partial charge in [-0.1, -0.05) is 0 Å². The third-order valence-electron chi connectivity index (χ3n) is 3.84. The number of amides is 2. The largest absolute Gasteiger partial charge is 0.350 e. The van der Waals surface area contributed by atoms with Crippen LogP contribution in [0.15, 0.2) is 47.4 Å². The van der Waals surface area contributed by atoms with Gasteiger partial charge in [0.15, 0.2) is 0 Å². The Morgan fingerprint density at radius 3 is 2.48 bits per heavy atom. The SMILES string of the molecule is CC(C)NC(=O)c1ccc2c(c1)N(C(=O)c1ccc(F)cc1)CCS2. The molecule has 0 unspecified atom stereocenters. The number of halogens is 1. The zero-order valence-corrected chi connectivity index (χ0v) is 14.9. The number of rotatable bonds is 3. The Morgan fingerprint density at radius 1 is 1.12 bits per heavy atom. The molecule has 0 spiro atoms. The number of anilines is 1. The topological polar surface area (TPSA) is 49.4 Å². The monoisotopic (exact) mass is 358 g/mol. The van der Waals surface area contributed by atoms with Crippen molar-refractivity contribution < 1.29 is 14.0 Å². The minimum atomic E-state index is -0.376. The number of fused-ring (bicyclic) bond motifs is 1. The van der Waals surface area contributed by atoms with Crippen molar-refractivity contribution in [3.63, 3.8) is 0 Å². The maximum absolute atomic E-state index is 13.1. The number of thioether (sulfide) groups is 1. The number of nitrogens with one attached hydrogen (secondary N) is 1. The van der Waals surface area contributed by atoms with Gasteiger partial charge in [-0.15, -0.1) is 11.8 Å². The van der Waals surface area contributed by atoms with E-state index in [-0.39, 0.29) is 23.7 Å². The van der Waals surface area contributed by atoms with Crippen LogP contribution >= 0.6 is 11.8 Å². The molecule has 0 radical (unpaired) electrons. The van der Waals surface area contributed by atoms with Gasteiger partial charge < -0.3 is 10.2 Å². The van der Waals surface area contributed by atoms with Crippen molar-refractivity contribution in [1.82, 2.24) is 5.32 Å². The fraction of sp³-hybridized carbons (Fsp3) is 0.263. The smallest absolute Gasteiger partial charge is 0.258 e. The lowest BCUT2D eigenvalue weighted by molar-refractivity contribution is 0.0940. The van der Waals surface area contributed by atoms with E-state index in [0.29, 0.717) is 17.7 Å². The number of carbonyl (C=O) groups is 2. The first kappa shape index (κ1) is 17.5. The van der Waals surface area contributed by atoms with Gasteiger partial charge in [0.25, 0.3) is 11.8 Å². The van der Waals surface area contributed by atoms with Crippen LogP contribution in [0.2, 0.25) is 0 Å². The summed E-state index contributed by atoms with van der Waals surface area (Å²) in [6, 6.07) is 11.0. The van der Waals surface area contributed by atoms with Crippen molar-refractivity contribution >= 4 is 29.3 Å². The van der Waals surface area contributed by atoms with Crippen LogP contribution in [0.5, 0.6) is 0 Å². The predicted molar refractivity (Wildman–Crippen MR) is 97.8 cm³/mol. The molecule has 3 rings (SSSR count). The van der Waals surface area contributed by atoms with E-state index < -0.39 is 0 Å². The maximum atomic E-state index is 13.1. The van der Waals surface area contributed by atoms with Crippen LogP contribution in [0.4, 0.5) is 10.1 Å². The molecule has 1 aliphatic rings. The van der Waals surface area contributed by atoms with Gasteiger partial charge in [-0.2, -0.15) is 0 Å². The van der Waals surface area contributed by atoms with E-state index in [4.69, 9.17) is 0 Å². The fourth-order valence-electron chi connectivity index (χ4n) is 2.66. The first-order valence-corrected chi connectivity index (χ1v) is 9.09. The second-order valence-corrected chi connectivity index (χ2v) is 7.26. The van der Waals surface area contributed by atoms with Crippen molar-refractivity contribution in [3.8, 4) is 0 Å². The van der Waals surface area contributed by atoms with E-state index in [0.717, 1.165) is 16.3 Å². The van der Waals surface area contributed by atoms with Crippen molar-refractivity contribution in [2.24, 2.45) is 0 Å². The van der Waals surface area contributed by atoms with Crippen LogP contribution in [0.25, 0.3) is 0 Å². The lowest BCUT2D eigenvalue weighted by Gasteiger charge is -2.29. The Balaban J connectivity index is 1.93. The van der Waals surface area contributed by atoms with E-state index in [1.165, 1.54) is 24.3 Å². The maximum Gasteiger partial charge on any atom is 0.258 e. The third-order valence-corrected chi connectivity index (χ3v) is 4.88. The molecule has 2 aromatic carbocycles. The third kappa shape index (κ3) is 3.85. The highest BCUT2D eigenvalue weighted by atomic mass is 32.2. The van der Waals surface area contributed by atoms with E-state index in [1.54, 1.807) is 28.8 Å². The lowest BCUT2D eigenvalue weighted by Crippen LogP contribution is -2.36. The number of carbonyl (C=O) groups excluding carboxylic acids is 2. The molecule has 0 fully saturated rings. The number of hydrogen-bond donors (Lipinski definition) is 1. The molecule has 130 valence electrons. The number of hydrogen-bond acceptors (Lipinski definition) is 3. The van der Waals surface area contributed by atoms with Crippen LogP contribution in [-0.4, -0.2) is 30.2 Å². The van der Waals surface area contributed by atoms with Crippen molar-refractivity contribution in [2.75, 3.05) is 17.2 Å². The molecular weight excluding hydrogens is 339 g/mol. The van der Waals surface area contributed by atoms with Crippen LogP contribution in [0.1, 0.15) is 34.6 Å². The molecule has 25 heavy (non-hydrogen) atoms. The molecule has 6 heteroatoms. The molecule has 0 atom stereocenters. The van der Waals surface area contributed by atoms with Gasteiger partial charge in [0.1, 0.15) is 5.82 Å². The molecule has 0 aliphatic carbocycles. The van der Waals surface area contributed by atoms with E-state index in [9.17, 15) is 14.0 Å². The fourth-order valence-corrected chi connectivity index (χ4v) is 3.64. The summed E-state index contributed by atoms with van der Waals surface area (Å²) < 4.78 is 13.1. The second kappa shape index (κ2) is 7.27. The zero-order valence-electron chi connectivity index (χ0n) is 14.1. The van der Waals surface area contributed by atoms with Crippen LogP contribution < -0.4 is 10.2 Å². The lowest BCUT2D eigenvalue weighted by atomic mass is 10.1. The molecule has 0 saturated heterocycles. The van der Waals surface area contributed by atoms with Gasteiger partial charge in [0.2, 0.25) is 0 Å². The molecule has 4 nitrogen and oxygen atoms in total. The number of benzene rings is 2. The highest BCUT2D eigenvalue weighted by Crippen LogP contribution is 2.36. The Bertz CT molecular complexity index is 806. The quantitative estimate of drug-likeness (QED) is 0.910. The van der Waals surface area contributed by atoms with Gasteiger partial charge >= 0.3 is 0 Å². The predicted octanol–water partition coefficient (Wildman–Crippen LogP) is 3.72. The van der Waals surface area contributed by atoms with E-state index in [1.807, 2.05) is 19.9 Å². The van der Waals surface area contributed by atoms with Gasteiger partial charge in [-0.25, -0.2) is 4.39 Å². The Hall–Kier alpha value is -2.34. The minimum absolute atomic E-state index is 0.0369. The van der Waals surface area contributed by atoms with Crippen molar-refractivity contribution in [3.05, 3.63) is 59.4 Å². The van der Waals surface area contributed by atoms with Crippen LogP contribution in [0, 0.1) is 5.82 Å². The summed E-state index contributed by atoms with van der Waals surface area (Å²) in [6.45, 7) is 4.34. The summed E-state index contributed by atoms with van der Waals surface area (Å²) in [5.41, 5.74) is 1.67. The van der Waals surface area contributed by atoms with Crippen LogP contribution in [0.3, 0.4) is 0 Å². The summed E-state index contributed by atoms with van der Waals surface area (Å²) >= 11 is 1.66. The van der Waals surface area contributed by atoms with Gasteiger partial charge in [-0.3, -0.25) is 9.59 Å². The first-order chi connectivity index (χ1) is 12.0. The van der Waals surface area contributed by atoms with E-state index >= 15 is 0 Å². The number of nitrogens with zero attached hydrogens (tertiary/aromatic N) is 1. The summed E-state index contributed by atoms with van der Waals surface area (Å²) in [7, 11) is 0. The molecule has 0 bridgehead atoms. The van der Waals surface area contributed by atoms with Crippen molar-refractivity contribution in [1.29, 1.82) is 0 Å². The van der Waals surface area contributed by atoms with Gasteiger partial charge in [0.05, 0.1) is 5.69 Å². The van der Waals surface area contributed by atoms with Crippen molar-refractivity contribution in [2.45, 2.75) is 24.8 Å². The molecule has 0 aromatic heterocycles. The average molecular weight is 358 g/mol. The Labute approximate surface area is 150 Å². The molecular formula is C19H19FN2O2S. The summed E-state index contributed by atoms with van der Waals surface area (Å²) in [5, 5.41) is 2.86. The average Bonchev–Trinajstić information content (AvgIpc) is 2.60. The highest BCUT2D eigenvalue weighted by molar-refractivity contribution is 7.99. The second-order valence-electron chi connectivity index (χ2n) is 6.12. The molecule has 1 heterocycles. The minimum Gasteiger partial charge on any atom is -0.350 e. The summed E-state index contributed by atoms with van der Waals surface area (Å²) in [4.78, 5) is 27.7. The van der Waals surface area contributed by atoms with Crippen LogP contribution in [-0.2, 0) is 0 Å². The molecule has 1 aliphatic heterocycles. The summed E-state index contributed by atoms with van der Waals surface area (Å²) in [6.07, 6.45) is 0. The Kier molecular flexibility index (Phi) is 5.08. The normalized spacial score (nSPS) is 13.5. The Morgan fingerprint density at radius 2 is 1.80 bits per heavy atom. The molecule has 0 saturated carbocycles.